The fourth-order valence-electron chi connectivity index (χ4n) is 6.62. The van der Waals surface area contributed by atoms with Crippen LogP contribution in [-0.2, 0) is 6.54 Å². The van der Waals surface area contributed by atoms with Gasteiger partial charge in [-0.1, -0.05) is 56.3 Å². The molecule has 33 heavy (non-hydrogen) atoms. The van der Waals surface area contributed by atoms with Gasteiger partial charge in [-0.05, 0) is 85.5 Å². The quantitative estimate of drug-likeness (QED) is 0.480. The second-order valence-corrected chi connectivity index (χ2v) is 11.0. The zero-order valence-corrected chi connectivity index (χ0v) is 20.8. The lowest BCUT2D eigenvalue weighted by Crippen LogP contribution is -2.46. The highest BCUT2D eigenvalue weighted by Crippen LogP contribution is 2.61. The van der Waals surface area contributed by atoms with E-state index in [2.05, 4.69) is 31.1 Å². The predicted octanol–water partition coefficient (Wildman–Crippen LogP) is 5.03. The zero-order chi connectivity index (χ0) is 24.1. The van der Waals surface area contributed by atoms with Crippen molar-refractivity contribution in [2.24, 2.45) is 28.6 Å². The van der Waals surface area contributed by atoms with Crippen LogP contribution in [0.25, 0.3) is 0 Å². The molecule has 0 bridgehead atoms. The van der Waals surface area contributed by atoms with E-state index < -0.39 is 0 Å². The highest BCUT2D eigenvalue weighted by molar-refractivity contribution is 5.73. The highest BCUT2D eigenvalue weighted by atomic mass is 16.3. The monoisotopic (exact) mass is 456 g/mol. The molecule has 3 saturated carbocycles. The molecule has 5 heteroatoms. The lowest BCUT2D eigenvalue weighted by atomic mass is 9.53. The third-order valence-corrected chi connectivity index (χ3v) is 9.27. The Morgan fingerprint density at radius 1 is 1.09 bits per heavy atom. The van der Waals surface area contributed by atoms with Gasteiger partial charge in [-0.25, -0.2) is 4.79 Å². The third-order valence-electron chi connectivity index (χ3n) is 9.27. The van der Waals surface area contributed by atoms with Crippen molar-refractivity contribution in [3.05, 3.63) is 48.0 Å². The fourth-order valence-corrected chi connectivity index (χ4v) is 6.62. The Morgan fingerprint density at radius 3 is 2.48 bits per heavy atom. The number of carbonyl (C=O) groups excluding carboxylic acids is 1. The molecule has 0 aliphatic heterocycles. The Morgan fingerprint density at radius 2 is 1.82 bits per heavy atom. The lowest BCUT2D eigenvalue weighted by Gasteiger charge is -2.52. The standard InChI is InChI=1S/C19H32O2.C9H12N2O/c1-13-4-5-14-10-15(6-8-18(13,14)2)19(3)9-7-17(21)11-16(19)12-20;1-10-9(12)11-7-8-5-3-2-4-6-8/h14-17,20-21H,1,4-12H2,2-3H3;2-6H,7H2,1H3,(H2,10,11,12). The van der Waals surface area contributed by atoms with Crippen LogP contribution < -0.4 is 10.6 Å². The molecule has 1 aromatic rings. The number of hydrogen-bond donors (Lipinski definition) is 4. The van der Waals surface area contributed by atoms with Crippen LogP contribution >= 0.6 is 0 Å². The molecule has 1 aromatic carbocycles. The van der Waals surface area contributed by atoms with Crippen LogP contribution in [-0.4, -0.2) is 36.0 Å². The summed E-state index contributed by atoms with van der Waals surface area (Å²) in [6.45, 7) is 9.95. The second kappa shape index (κ2) is 11.1. The van der Waals surface area contributed by atoms with Gasteiger partial charge in [0.15, 0.2) is 0 Å². The van der Waals surface area contributed by atoms with Crippen LogP contribution in [0.4, 0.5) is 4.79 Å². The van der Waals surface area contributed by atoms with Crippen molar-refractivity contribution in [1.82, 2.24) is 10.6 Å². The summed E-state index contributed by atoms with van der Waals surface area (Å²) in [6.07, 6.45) is 8.96. The van der Waals surface area contributed by atoms with Gasteiger partial charge >= 0.3 is 6.03 Å². The Kier molecular flexibility index (Phi) is 8.63. The summed E-state index contributed by atoms with van der Waals surface area (Å²) in [4.78, 5) is 10.8. The van der Waals surface area contributed by atoms with Crippen LogP contribution in [0.2, 0.25) is 0 Å². The number of hydrogen-bond acceptors (Lipinski definition) is 3. The predicted molar refractivity (Wildman–Crippen MR) is 134 cm³/mol. The van der Waals surface area contributed by atoms with Gasteiger partial charge in [-0.15, -0.1) is 0 Å². The first-order valence-corrected chi connectivity index (χ1v) is 12.7. The zero-order valence-electron chi connectivity index (χ0n) is 20.8. The number of rotatable bonds is 4. The summed E-state index contributed by atoms with van der Waals surface area (Å²) in [5.74, 6) is 1.79. The largest absolute Gasteiger partial charge is 0.396 e. The van der Waals surface area contributed by atoms with Gasteiger partial charge in [0.25, 0.3) is 0 Å². The summed E-state index contributed by atoms with van der Waals surface area (Å²) in [6, 6.07) is 9.62. The molecule has 3 aliphatic rings. The maximum absolute atomic E-state index is 10.8. The molecule has 3 aliphatic carbocycles. The minimum absolute atomic E-state index is 0.154. The first-order chi connectivity index (χ1) is 15.7. The molecule has 6 unspecified atom stereocenters. The van der Waals surface area contributed by atoms with E-state index >= 15 is 0 Å². The van der Waals surface area contributed by atoms with E-state index in [0.717, 1.165) is 30.7 Å². The van der Waals surface area contributed by atoms with Gasteiger partial charge in [-0.2, -0.15) is 0 Å². The average molecular weight is 457 g/mol. The summed E-state index contributed by atoms with van der Waals surface area (Å²) in [7, 11) is 1.60. The fraction of sp³-hybridized carbons (Fsp3) is 0.679. The molecule has 0 radical (unpaired) electrons. The van der Waals surface area contributed by atoms with Crippen molar-refractivity contribution in [2.45, 2.75) is 77.9 Å². The summed E-state index contributed by atoms with van der Waals surface area (Å²) in [5, 5.41) is 25.0. The Labute approximate surface area is 200 Å². The van der Waals surface area contributed by atoms with Crippen LogP contribution in [0, 0.1) is 28.6 Å². The molecule has 2 amide bonds. The molecule has 0 aromatic heterocycles. The van der Waals surface area contributed by atoms with Crippen molar-refractivity contribution in [1.29, 1.82) is 0 Å². The number of urea groups is 1. The molecule has 0 saturated heterocycles. The molecule has 4 rings (SSSR count). The maximum atomic E-state index is 10.8. The number of fused-ring (bicyclic) bond motifs is 1. The smallest absolute Gasteiger partial charge is 0.314 e. The van der Waals surface area contributed by atoms with Crippen LogP contribution in [0.1, 0.15) is 70.8 Å². The minimum Gasteiger partial charge on any atom is -0.396 e. The van der Waals surface area contributed by atoms with Crippen molar-refractivity contribution in [3.8, 4) is 0 Å². The molecule has 5 nitrogen and oxygen atoms in total. The Hall–Kier alpha value is -1.85. The van der Waals surface area contributed by atoms with E-state index in [1.54, 1.807) is 7.05 Å². The number of nitrogens with one attached hydrogen (secondary N) is 2. The number of carbonyl (C=O) groups is 1. The van der Waals surface area contributed by atoms with Crippen molar-refractivity contribution >= 4 is 6.03 Å². The third kappa shape index (κ3) is 5.81. The van der Waals surface area contributed by atoms with Crippen molar-refractivity contribution in [3.63, 3.8) is 0 Å². The number of aliphatic hydroxyl groups excluding tert-OH is 2. The van der Waals surface area contributed by atoms with Gasteiger partial charge < -0.3 is 20.8 Å². The number of aliphatic hydroxyl groups is 2. The van der Waals surface area contributed by atoms with Gasteiger partial charge in [0.1, 0.15) is 0 Å². The van der Waals surface area contributed by atoms with Gasteiger partial charge in [0, 0.05) is 20.2 Å². The van der Waals surface area contributed by atoms with Crippen LogP contribution in [0.3, 0.4) is 0 Å². The van der Waals surface area contributed by atoms with E-state index in [1.165, 1.54) is 37.7 Å². The van der Waals surface area contributed by atoms with E-state index in [-0.39, 0.29) is 30.1 Å². The van der Waals surface area contributed by atoms with Crippen LogP contribution in [0.15, 0.2) is 42.5 Å². The first kappa shape index (κ1) is 25.8. The topological polar surface area (TPSA) is 81.6 Å². The molecule has 184 valence electrons. The maximum Gasteiger partial charge on any atom is 0.314 e. The first-order valence-electron chi connectivity index (χ1n) is 12.7. The number of amides is 2. The molecule has 4 N–H and O–H groups in total. The van der Waals surface area contributed by atoms with Gasteiger partial charge in [0.2, 0.25) is 0 Å². The van der Waals surface area contributed by atoms with E-state index in [9.17, 15) is 15.0 Å². The Balaban J connectivity index is 0.000000218. The summed E-state index contributed by atoms with van der Waals surface area (Å²) >= 11 is 0. The number of allylic oxidation sites excluding steroid dienone is 1. The molecule has 3 fully saturated rings. The Bertz CT molecular complexity index is 798. The molecule has 0 heterocycles. The minimum atomic E-state index is -0.199. The normalized spacial score (nSPS) is 35.7. The van der Waals surface area contributed by atoms with E-state index in [1.807, 2.05) is 30.3 Å². The molecule has 6 atom stereocenters. The number of benzene rings is 1. The highest BCUT2D eigenvalue weighted by Gasteiger charge is 2.52. The summed E-state index contributed by atoms with van der Waals surface area (Å²) < 4.78 is 0. The van der Waals surface area contributed by atoms with Gasteiger partial charge in [0.05, 0.1) is 6.10 Å². The lowest BCUT2D eigenvalue weighted by molar-refractivity contribution is -0.0661. The van der Waals surface area contributed by atoms with Gasteiger partial charge in [-0.3, -0.25) is 0 Å². The second-order valence-electron chi connectivity index (χ2n) is 11.0. The SMILES string of the molecule is C=C1CCC2CC(C3(C)CCC(O)CC3CO)CCC12C.CNC(=O)NCc1ccccc1. The van der Waals surface area contributed by atoms with E-state index in [4.69, 9.17) is 0 Å². The van der Waals surface area contributed by atoms with Crippen molar-refractivity contribution in [2.75, 3.05) is 13.7 Å². The van der Waals surface area contributed by atoms with Crippen molar-refractivity contribution < 1.29 is 15.0 Å². The van der Waals surface area contributed by atoms with E-state index in [0.29, 0.717) is 17.9 Å². The summed E-state index contributed by atoms with van der Waals surface area (Å²) in [5.41, 5.74) is 3.18. The molecule has 0 spiro atoms. The van der Waals surface area contributed by atoms with Crippen LogP contribution in [0.5, 0.6) is 0 Å². The molecular formula is C28H44N2O3. The average Bonchev–Trinajstić information content (AvgIpc) is 3.13. The molecular weight excluding hydrogens is 412 g/mol.